The van der Waals surface area contributed by atoms with Gasteiger partial charge in [-0.2, -0.15) is 0 Å². The fraction of sp³-hybridized carbons (Fsp3) is 0.438. The van der Waals surface area contributed by atoms with Crippen LogP contribution in [-0.2, 0) is 28.5 Å². The van der Waals surface area contributed by atoms with E-state index in [-0.39, 0.29) is 0 Å². The van der Waals surface area contributed by atoms with E-state index in [1.165, 1.54) is 13.8 Å². The molecule has 24 heavy (non-hydrogen) atoms. The SMILES string of the molecule is CC(=O)O[C@@H]1O[C@H](CBr)[C@H](OC(=O)c2ccccc2)[C@H]1OC(C)=O. The van der Waals surface area contributed by atoms with Crippen LogP contribution < -0.4 is 0 Å². The van der Waals surface area contributed by atoms with Gasteiger partial charge in [0.05, 0.1) is 5.56 Å². The van der Waals surface area contributed by atoms with Crippen molar-refractivity contribution in [3.8, 4) is 0 Å². The van der Waals surface area contributed by atoms with Crippen LogP contribution in [0.3, 0.4) is 0 Å². The lowest BCUT2D eigenvalue weighted by Gasteiger charge is -2.23. The Kier molecular flexibility index (Phi) is 6.33. The molecule has 2 rings (SSSR count). The predicted molar refractivity (Wildman–Crippen MR) is 85.4 cm³/mol. The maximum atomic E-state index is 12.3. The van der Waals surface area contributed by atoms with Crippen molar-refractivity contribution < 1.29 is 33.3 Å². The Bertz CT molecular complexity index is 604. The van der Waals surface area contributed by atoms with E-state index in [0.717, 1.165) is 0 Å². The highest BCUT2D eigenvalue weighted by molar-refractivity contribution is 9.09. The summed E-state index contributed by atoms with van der Waals surface area (Å²) in [5.41, 5.74) is 0.350. The van der Waals surface area contributed by atoms with Gasteiger partial charge in [0.1, 0.15) is 6.10 Å². The molecule has 0 bridgehead atoms. The summed E-state index contributed by atoms with van der Waals surface area (Å²) in [4.78, 5) is 34.9. The smallest absolute Gasteiger partial charge is 0.338 e. The van der Waals surface area contributed by atoms with E-state index in [0.29, 0.717) is 10.9 Å². The molecule has 1 saturated heterocycles. The van der Waals surface area contributed by atoms with E-state index >= 15 is 0 Å². The van der Waals surface area contributed by atoms with Crippen LogP contribution in [-0.4, -0.2) is 47.8 Å². The third-order valence-electron chi connectivity index (χ3n) is 3.26. The zero-order valence-electron chi connectivity index (χ0n) is 13.1. The summed E-state index contributed by atoms with van der Waals surface area (Å²) < 4.78 is 21.2. The van der Waals surface area contributed by atoms with Crippen molar-refractivity contribution >= 4 is 33.8 Å². The first kappa shape index (κ1) is 18.4. The average molecular weight is 401 g/mol. The molecule has 1 fully saturated rings. The zero-order chi connectivity index (χ0) is 17.7. The molecule has 1 aliphatic rings. The number of benzene rings is 1. The van der Waals surface area contributed by atoms with E-state index in [2.05, 4.69) is 15.9 Å². The first-order chi connectivity index (χ1) is 11.4. The van der Waals surface area contributed by atoms with Gasteiger partial charge < -0.3 is 18.9 Å². The highest BCUT2D eigenvalue weighted by atomic mass is 79.9. The lowest BCUT2D eigenvalue weighted by Crippen LogP contribution is -2.41. The molecule has 0 amide bonds. The van der Waals surface area contributed by atoms with Crippen LogP contribution in [0.5, 0.6) is 0 Å². The second-order valence-corrected chi connectivity index (χ2v) is 5.76. The fourth-order valence-corrected chi connectivity index (χ4v) is 2.82. The van der Waals surface area contributed by atoms with E-state index in [4.69, 9.17) is 18.9 Å². The predicted octanol–water partition coefficient (Wildman–Crippen LogP) is 1.83. The normalized spacial score (nSPS) is 25.8. The average Bonchev–Trinajstić information content (AvgIpc) is 2.84. The van der Waals surface area contributed by atoms with Crippen molar-refractivity contribution in [2.75, 3.05) is 5.33 Å². The highest BCUT2D eigenvalue weighted by Gasteiger charge is 2.50. The number of esters is 3. The maximum absolute atomic E-state index is 12.3. The molecule has 0 unspecified atom stereocenters. The van der Waals surface area contributed by atoms with Crippen LogP contribution in [0.2, 0.25) is 0 Å². The Labute approximate surface area is 147 Å². The molecule has 8 heteroatoms. The van der Waals surface area contributed by atoms with Crippen LogP contribution in [0, 0.1) is 0 Å². The zero-order valence-corrected chi connectivity index (χ0v) is 14.7. The number of hydrogen-bond donors (Lipinski definition) is 0. The molecule has 7 nitrogen and oxygen atoms in total. The summed E-state index contributed by atoms with van der Waals surface area (Å²) in [6.07, 6.45) is -3.72. The second-order valence-electron chi connectivity index (χ2n) is 5.12. The Morgan fingerprint density at radius 1 is 1.00 bits per heavy atom. The van der Waals surface area contributed by atoms with Crippen LogP contribution in [0.4, 0.5) is 0 Å². The largest absolute Gasteiger partial charge is 0.452 e. The van der Waals surface area contributed by atoms with Crippen molar-refractivity contribution in [2.45, 2.75) is 38.4 Å². The number of rotatable bonds is 5. The molecule has 0 radical (unpaired) electrons. The molecular formula is C16H17BrO7. The first-order valence-electron chi connectivity index (χ1n) is 7.24. The van der Waals surface area contributed by atoms with Crippen molar-refractivity contribution in [2.24, 2.45) is 0 Å². The summed E-state index contributed by atoms with van der Waals surface area (Å²) in [6.45, 7) is 2.42. The molecule has 1 aromatic carbocycles. The summed E-state index contributed by atoms with van der Waals surface area (Å²) in [5.74, 6) is -1.78. The quantitative estimate of drug-likeness (QED) is 0.423. The van der Waals surface area contributed by atoms with Gasteiger partial charge in [-0.25, -0.2) is 4.79 Å². The second kappa shape index (κ2) is 8.25. The van der Waals surface area contributed by atoms with Crippen molar-refractivity contribution in [3.05, 3.63) is 35.9 Å². The number of alkyl halides is 1. The van der Waals surface area contributed by atoms with Gasteiger partial charge in [-0.15, -0.1) is 0 Å². The Morgan fingerprint density at radius 2 is 1.62 bits per heavy atom. The van der Waals surface area contributed by atoms with E-state index in [1.54, 1.807) is 30.3 Å². The van der Waals surface area contributed by atoms with Crippen molar-refractivity contribution in [3.63, 3.8) is 0 Å². The van der Waals surface area contributed by atoms with Crippen molar-refractivity contribution in [1.29, 1.82) is 0 Å². The van der Waals surface area contributed by atoms with Gasteiger partial charge in [-0.1, -0.05) is 34.1 Å². The lowest BCUT2D eigenvalue weighted by molar-refractivity contribution is -0.194. The molecule has 130 valence electrons. The molecule has 1 aliphatic heterocycles. The van der Waals surface area contributed by atoms with Crippen LogP contribution in [0.15, 0.2) is 30.3 Å². The third kappa shape index (κ3) is 4.55. The van der Waals surface area contributed by atoms with Gasteiger partial charge >= 0.3 is 17.9 Å². The van der Waals surface area contributed by atoms with Gasteiger partial charge in [-0.3, -0.25) is 9.59 Å². The molecule has 0 spiro atoms. The van der Waals surface area contributed by atoms with Crippen LogP contribution in [0.25, 0.3) is 0 Å². The molecule has 0 aliphatic carbocycles. The Hall–Kier alpha value is -1.93. The van der Waals surface area contributed by atoms with E-state index in [1.807, 2.05) is 0 Å². The lowest BCUT2D eigenvalue weighted by atomic mass is 10.1. The number of halogens is 1. The molecule has 0 saturated carbocycles. The third-order valence-corrected chi connectivity index (χ3v) is 3.89. The minimum atomic E-state index is -1.14. The standard InChI is InChI=1S/C16H17BrO7/c1-9(18)21-14-13(12(8-17)23-16(14)22-10(2)19)24-15(20)11-6-4-3-5-7-11/h3-7,12-14,16H,8H2,1-2H3/t12-,13+,14-,16-/m1/s1. The molecule has 1 aromatic rings. The topological polar surface area (TPSA) is 88.1 Å². The number of carbonyl (C=O) groups excluding carboxylic acids is 3. The fourth-order valence-electron chi connectivity index (χ4n) is 2.30. The number of hydrogen-bond acceptors (Lipinski definition) is 7. The number of carbonyl (C=O) groups is 3. The van der Waals surface area contributed by atoms with Gasteiger partial charge in [0.25, 0.3) is 0 Å². The van der Waals surface area contributed by atoms with E-state index < -0.39 is 42.5 Å². The minimum Gasteiger partial charge on any atom is -0.452 e. The molecule has 0 N–H and O–H groups in total. The number of ether oxygens (including phenoxy) is 4. The van der Waals surface area contributed by atoms with Crippen LogP contribution >= 0.6 is 15.9 Å². The maximum Gasteiger partial charge on any atom is 0.338 e. The van der Waals surface area contributed by atoms with Gasteiger partial charge in [0.15, 0.2) is 6.10 Å². The van der Waals surface area contributed by atoms with Gasteiger partial charge in [0.2, 0.25) is 12.4 Å². The van der Waals surface area contributed by atoms with Crippen molar-refractivity contribution in [1.82, 2.24) is 0 Å². The Morgan fingerprint density at radius 3 is 2.17 bits per heavy atom. The molecule has 1 heterocycles. The molecule has 0 aromatic heterocycles. The molecule has 4 atom stereocenters. The first-order valence-corrected chi connectivity index (χ1v) is 8.36. The summed E-state index contributed by atoms with van der Waals surface area (Å²) >= 11 is 3.25. The molecular weight excluding hydrogens is 384 g/mol. The Balaban J connectivity index is 2.20. The summed E-state index contributed by atoms with van der Waals surface area (Å²) in [7, 11) is 0. The van der Waals surface area contributed by atoms with E-state index in [9.17, 15) is 14.4 Å². The monoisotopic (exact) mass is 400 g/mol. The van der Waals surface area contributed by atoms with Gasteiger partial charge in [-0.05, 0) is 12.1 Å². The van der Waals surface area contributed by atoms with Gasteiger partial charge in [0, 0.05) is 19.2 Å². The highest BCUT2D eigenvalue weighted by Crippen LogP contribution is 2.29. The van der Waals surface area contributed by atoms with Crippen LogP contribution in [0.1, 0.15) is 24.2 Å². The summed E-state index contributed by atoms with van der Waals surface area (Å²) in [6, 6.07) is 8.39. The summed E-state index contributed by atoms with van der Waals surface area (Å²) in [5, 5.41) is 0.301. The minimum absolute atomic E-state index is 0.301.